The van der Waals surface area contributed by atoms with Gasteiger partial charge in [-0.25, -0.2) is 0 Å². The lowest BCUT2D eigenvalue weighted by Gasteiger charge is -2.15. The predicted molar refractivity (Wildman–Crippen MR) is 214 cm³/mol. The second kappa shape index (κ2) is 36.1. The monoisotopic (exact) mass is 835 g/mol. The third-order valence-electron chi connectivity index (χ3n) is 8.97. The fraction of sp³-hybridized carbons (Fsp3) is 0.738. The van der Waals surface area contributed by atoms with Crippen molar-refractivity contribution in [1.82, 2.24) is 0 Å². The molecule has 0 bridgehead atoms. The Bertz CT molecular complexity index is 1310. The molecule has 17 heteroatoms. The van der Waals surface area contributed by atoms with Crippen molar-refractivity contribution in [3.63, 3.8) is 0 Å². The van der Waals surface area contributed by atoms with Crippen molar-refractivity contribution in [3.05, 3.63) is 0 Å². The lowest BCUT2D eigenvalue weighted by Crippen LogP contribution is -2.25. The molecule has 0 heterocycles. The summed E-state index contributed by atoms with van der Waals surface area (Å²) in [7, 11) is 2.62. The van der Waals surface area contributed by atoms with E-state index in [1.54, 1.807) is 7.11 Å². The Balaban J connectivity index is 4.68. The van der Waals surface area contributed by atoms with E-state index < -0.39 is 17.5 Å². The van der Waals surface area contributed by atoms with Crippen LogP contribution >= 0.6 is 0 Å². The molecule has 0 aromatic heterocycles. The van der Waals surface area contributed by atoms with Crippen molar-refractivity contribution >= 4 is 71.0 Å². The Hall–Kier alpha value is -3.77. The Morgan fingerprint density at radius 1 is 0.390 bits per heavy atom. The minimum absolute atomic E-state index is 0.0128. The van der Waals surface area contributed by atoms with Crippen molar-refractivity contribution < 1.29 is 76.3 Å². The van der Waals surface area contributed by atoms with Crippen LogP contribution in [0.5, 0.6) is 0 Å². The van der Waals surface area contributed by atoms with E-state index in [9.17, 15) is 52.7 Å². The molecule has 0 fully saturated rings. The molecule has 0 rings (SSSR count). The molecular weight excluding hydrogens is 771 g/mol. The number of methoxy groups -OCH3 is 1. The van der Waals surface area contributed by atoms with Gasteiger partial charge in [0.2, 0.25) is 0 Å². The predicted octanol–water partition coefficient (Wildman–Crippen LogP) is 3.60. The molecule has 0 aliphatic heterocycles. The van der Waals surface area contributed by atoms with Gasteiger partial charge in [-0.2, -0.15) is 0 Å². The molecule has 59 heavy (non-hydrogen) atoms. The van der Waals surface area contributed by atoms with Gasteiger partial charge in [0.05, 0.1) is 58.8 Å². The largest absolute Gasteiger partial charge is 0.429 e. The molecule has 16 nitrogen and oxygen atoms in total. The first kappa shape index (κ1) is 55.2. The van der Waals surface area contributed by atoms with Gasteiger partial charge in [-0.15, -0.1) is 0 Å². The van der Waals surface area contributed by atoms with Gasteiger partial charge in [0.25, 0.3) is 0 Å². The summed E-state index contributed by atoms with van der Waals surface area (Å²) in [6.07, 6.45) is -1.23. The Morgan fingerprint density at radius 2 is 0.712 bits per heavy atom. The van der Waals surface area contributed by atoms with Gasteiger partial charge in [0.15, 0.2) is 0 Å². The van der Waals surface area contributed by atoms with E-state index in [0.29, 0.717) is 39.6 Å². The lowest BCUT2D eigenvalue weighted by atomic mass is 9.86. The fourth-order valence-corrected chi connectivity index (χ4v) is 5.36. The highest BCUT2D eigenvalue weighted by atomic mass is 16.6. The standard InChI is InChI=1S/C42H64BO16/c1-31(44)7-9-34(47)13-15-36(49)17-20-40(52)39(41(53)21-18-37(50)16-14-35(48)10-8-32(2)45)6-4-5-33(46)11-12-38(51)19-22-42(54)43-59-30-29-58-28-27-57-26-25-56-24-23-55-3/h39H,4-30H2,1-3H3. The van der Waals surface area contributed by atoms with Crippen LogP contribution in [0.4, 0.5) is 0 Å². The fourth-order valence-electron chi connectivity index (χ4n) is 5.36. The van der Waals surface area contributed by atoms with Crippen LogP contribution in [-0.2, 0) is 76.3 Å². The molecule has 0 saturated carbocycles. The SMILES string of the molecule is COCCOCCOCCOCCO[B]C(=O)CCC(=O)CCC(=O)CCCC(C(=O)CCC(=O)CCC(=O)CCC(C)=O)C(=O)CCC(=O)CCC(=O)CCC(C)=O. The van der Waals surface area contributed by atoms with Gasteiger partial charge < -0.3 is 38.0 Å². The minimum atomic E-state index is -1.17. The highest BCUT2D eigenvalue weighted by Crippen LogP contribution is 2.19. The topological polar surface area (TPSA) is 234 Å². The summed E-state index contributed by atoms with van der Waals surface area (Å²) >= 11 is 0. The highest BCUT2D eigenvalue weighted by Gasteiger charge is 2.27. The molecule has 1 radical (unpaired) electrons. The summed E-state index contributed by atoms with van der Waals surface area (Å²) in [5.41, 5.74) is -0.387. The molecular formula is C42H64BO16. The number of ether oxygens (including phenoxy) is 4. The molecule has 0 aromatic carbocycles. The number of carbonyl (C=O) groups excluding carboxylic acids is 11. The van der Waals surface area contributed by atoms with E-state index in [1.165, 1.54) is 13.8 Å². The zero-order valence-electron chi connectivity index (χ0n) is 35.3. The number of carbonyl (C=O) groups is 11. The molecule has 0 atom stereocenters. The Labute approximate surface area is 348 Å². The first-order valence-corrected chi connectivity index (χ1v) is 20.5. The van der Waals surface area contributed by atoms with Crippen molar-refractivity contribution in [3.8, 4) is 0 Å². The molecule has 331 valence electrons. The summed E-state index contributed by atoms with van der Waals surface area (Å²) in [5, 5.41) is 0. The maximum absolute atomic E-state index is 13.2. The third-order valence-corrected chi connectivity index (χ3v) is 8.97. The summed E-state index contributed by atoms with van der Waals surface area (Å²) in [6, 6.07) is 0. The number of Topliss-reactive ketones (excluding diaryl/α,β-unsaturated/α-hetero) is 10. The van der Waals surface area contributed by atoms with Crippen molar-refractivity contribution in [2.24, 2.45) is 5.92 Å². The quantitative estimate of drug-likeness (QED) is 0.0484. The van der Waals surface area contributed by atoms with Gasteiger partial charge in [-0.05, 0) is 26.7 Å². The Kier molecular flexibility index (Phi) is 33.8. The maximum atomic E-state index is 13.2. The maximum Gasteiger partial charge on any atom is 0.376 e. The molecule has 0 spiro atoms. The second-order valence-corrected chi connectivity index (χ2v) is 14.3. The van der Waals surface area contributed by atoms with E-state index in [2.05, 4.69) is 0 Å². The average Bonchev–Trinajstić information content (AvgIpc) is 3.20. The van der Waals surface area contributed by atoms with Crippen molar-refractivity contribution in [2.45, 2.75) is 136 Å². The molecule has 0 amide bonds. The van der Waals surface area contributed by atoms with Crippen LogP contribution in [0, 0.1) is 5.92 Å². The van der Waals surface area contributed by atoms with Crippen LogP contribution in [0.25, 0.3) is 0 Å². The molecule has 0 unspecified atom stereocenters. The van der Waals surface area contributed by atoms with Gasteiger partial charge in [-0.3, -0.25) is 38.4 Å². The molecule has 0 aliphatic rings. The summed E-state index contributed by atoms with van der Waals surface area (Å²) in [6.45, 7) is 5.73. The van der Waals surface area contributed by atoms with Gasteiger partial charge >= 0.3 is 7.48 Å². The van der Waals surface area contributed by atoms with Crippen LogP contribution < -0.4 is 0 Å². The van der Waals surface area contributed by atoms with Crippen LogP contribution in [0.3, 0.4) is 0 Å². The normalized spacial score (nSPS) is 11.0. The smallest absolute Gasteiger partial charge is 0.376 e. The average molecular weight is 836 g/mol. The summed E-state index contributed by atoms with van der Waals surface area (Å²) < 4.78 is 26.0. The van der Waals surface area contributed by atoms with E-state index in [-0.39, 0.29) is 187 Å². The zero-order chi connectivity index (χ0) is 44.3. The van der Waals surface area contributed by atoms with Gasteiger partial charge in [0.1, 0.15) is 63.5 Å². The molecule has 0 saturated heterocycles. The summed E-state index contributed by atoms with van der Waals surface area (Å²) in [5.74, 6) is -4.25. The van der Waals surface area contributed by atoms with Gasteiger partial charge in [0, 0.05) is 116 Å². The number of rotatable bonds is 44. The van der Waals surface area contributed by atoms with Crippen molar-refractivity contribution in [1.29, 1.82) is 0 Å². The van der Waals surface area contributed by atoms with Crippen LogP contribution in [0.1, 0.15) is 136 Å². The van der Waals surface area contributed by atoms with Crippen LogP contribution in [-0.4, -0.2) is 131 Å². The summed E-state index contributed by atoms with van der Waals surface area (Å²) in [4.78, 5) is 134. The third kappa shape index (κ3) is 34.8. The molecule has 0 N–H and O–H groups in total. The Morgan fingerprint density at radius 3 is 1.10 bits per heavy atom. The van der Waals surface area contributed by atoms with Crippen LogP contribution in [0.15, 0.2) is 0 Å². The van der Waals surface area contributed by atoms with E-state index >= 15 is 0 Å². The van der Waals surface area contributed by atoms with E-state index in [4.69, 9.17) is 23.6 Å². The van der Waals surface area contributed by atoms with Crippen molar-refractivity contribution in [2.75, 3.05) is 60.0 Å². The first-order valence-electron chi connectivity index (χ1n) is 20.5. The van der Waals surface area contributed by atoms with Crippen LogP contribution in [0.2, 0.25) is 0 Å². The zero-order valence-corrected chi connectivity index (χ0v) is 35.3. The molecule has 0 aromatic rings. The minimum Gasteiger partial charge on any atom is -0.429 e. The first-order chi connectivity index (χ1) is 28.1. The number of hydrogen-bond acceptors (Lipinski definition) is 16. The highest BCUT2D eigenvalue weighted by molar-refractivity contribution is 6.69. The van der Waals surface area contributed by atoms with E-state index in [1.807, 2.05) is 0 Å². The van der Waals surface area contributed by atoms with Gasteiger partial charge in [-0.1, -0.05) is 0 Å². The second-order valence-electron chi connectivity index (χ2n) is 14.3. The molecule has 0 aliphatic carbocycles. The van der Waals surface area contributed by atoms with E-state index in [0.717, 1.165) is 7.48 Å². The number of ketones is 10. The lowest BCUT2D eigenvalue weighted by molar-refractivity contribution is -0.135. The number of hydrogen-bond donors (Lipinski definition) is 0.